The Balaban J connectivity index is 1.75. The van der Waals surface area contributed by atoms with Gasteiger partial charge in [0.1, 0.15) is 5.75 Å². The fourth-order valence-electron chi connectivity index (χ4n) is 2.94. The molecule has 4 heteroatoms. The highest BCUT2D eigenvalue weighted by molar-refractivity contribution is 5.95. The number of hydrogen-bond acceptors (Lipinski definition) is 3. The predicted molar refractivity (Wildman–Crippen MR) is 67.5 cm³/mol. The summed E-state index contributed by atoms with van der Waals surface area (Å²) in [6.45, 7) is 1.87. The van der Waals surface area contributed by atoms with Crippen molar-refractivity contribution < 1.29 is 14.6 Å². The molecule has 1 aromatic rings. The highest BCUT2D eigenvalue weighted by Crippen LogP contribution is 2.39. The van der Waals surface area contributed by atoms with Gasteiger partial charge in [-0.3, -0.25) is 4.79 Å². The van der Waals surface area contributed by atoms with Gasteiger partial charge in [-0.25, -0.2) is 0 Å². The minimum absolute atomic E-state index is 0.0354. The first-order valence-electron chi connectivity index (χ1n) is 6.40. The standard InChI is InChI=1S/C14H17NO3/c1-8-3-2-4-11(16)13(8)15-14(17)10-7-9-5-6-12(10)18-9/h2-4,9-10,12,16H,5-7H2,1H3,(H,15,17)/t9-,10-,12-/m1/s1. The Morgan fingerprint density at radius 2 is 2.28 bits per heavy atom. The number of phenols is 1. The number of aromatic hydroxyl groups is 1. The molecule has 2 fully saturated rings. The van der Waals surface area contributed by atoms with Crippen LogP contribution in [0.25, 0.3) is 0 Å². The Morgan fingerprint density at radius 1 is 1.44 bits per heavy atom. The highest BCUT2D eigenvalue weighted by Gasteiger charge is 2.44. The molecule has 18 heavy (non-hydrogen) atoms. The van der Waals surface area contributed by atoms with Crippen molar-refractivity contribution in [2.75, 3.05) is 5.32 Å². The van der Waals surface area contributed by atoms with Crippen molar-refractivity contribution in [1.29, 1.82) is 0 Å². The van der Waals surface area contributed by atoms with E-state index < -0.39 is 0 Å². The molecule has 3 rings (SSSR count). The summed E-state index contributed by atoms with van der Waals surface area (Å²) in [5.41, 5.74) is 1.39. The van der Waals surface area contributed by atoms with Crippen LogP contribution in [-0.4, -0.2) is 23.2 Å². The molecule has 2 aliphatic rings. The number of hydrogen-bond donors (Lipinski definition) is 2. The number of anilines is 1. The lowest BCUT2D eigenvalue weighted by Crippen LogP contribution is -2.30. The van der Waals surface area contributed by atoms with Crippen LogP contribution in [0.5, 0.6) is 5.75 Å². The van der Waals surface area contributed by atoms with E-state index in [1.165, 1.54) is 0 Å². The van der Waals surface area contributed by atoms with Gasteiger partial charge in [-0.15, -0.1) is 0 Å². The molecule has 2 N–H and O–H groups in total. The van der Waals surface area contributed by atoms with Crippen LogP contribution in [-0.2, 0) is 9.53 Å². The van der Waals surface area contributed by atoms with Crippen LogP contribution in [0.15, 0.2) is 18.2 Å². The van der Waals surface area contributed by atoms with E-state index in [9.17, 15) is 9.90 Å². The maximum absolute atomic E-state index is 12.2. The molecule has 0 saturated carbocycles. The van der Waals surface area contributed by atoms with Gasteiger partial charge in [-0.05, 0) is 37.8 Å². The van der Waals surface area contributed by atoms with Crippen LogP contribution in [0.2, 0.25) is 0 Å². The predicted octanol–water partition coefficient (Wildman–Crippen LogP) is 2.21. The molecule has 3 atom stereocenters. The molecular weight excluding hydrogens is 230 g/mol. The van der Waals surface area contributed by atoms with Gasteiger partial charge in [0.05, 0.1) is 23.8 Å². The van der Waals surface area contributed by atoms with E-state index >= 15 is 0 Å². The van der Waals surface area contributed by atoms with E-state index in [0.29, 0.717) is 5.69 Å². The number of ether oxygens (including phenoxy) is 1. The number of fused-ring (bicyclic) bond motifs is 2. The SMILES string of the molecule is Cc1cccc(O)c1NC(=O)[C@@H]1C[C@H]2CC[C@H]1O2. The van der Waals surface area contributed by atoms with Crippen molar-refractivity contribution in [3.8, 4) is 5.75 Å². The zero-order valence-corrected chi connectivity index (χ0v) is 10.3. The number of phenolic OH excluding ortho intramolecular Hbond substituents is 1. The van der Waals surface area contributed by atoms with E-state index in [-0.39, 0.29) is 29.8 Å². The van der Waals surface area contributed by atoms with Crippen LogP contribution in [0.1, 0.15) is 24.8 Å². The molecule has 2 aliphatic heterocycles. The van der Waals surface area contributed by atoms with E-state index in [1.54, 1.807) is 12.1 Å². The molecule has 1 aromatic carbocycles. The second-order valence-electron chi connectivity index (χ2n) is 5.17. The van der Waals surface area contributed by atoms with E-state index in [2.05, 4.69) is 5.32 Å². The zero-order chi connectivity index (χ0) is 12.7. The van der Waals surface area contributed by atoms with Crippen molar-refractivity contribution >= 4 is 11.6 Å². The summed E-state index contributed by atoms with van der Waals surface area (Å²) >= 11 is 0. The Labute approximate surface area is 106 Å². The Kier molecular flexibility index (Phi) is 2.74. The van der Waals surface area contributed by atoms with Crippen LogP contribution in [0.4, 0.5) is 5.69 Å². The lowest BCUT2D eigenvalue weighted by Gasteiger charge is -2.19. The van der Waals surface area contributed by atoms with Gasteiger partial charge in [0, 0.05) is 0 Å². The second kappa shape index (κ2) is 4.28. The summed E-state index contributed by atoms with van der Waals surface area (Å²) < 4.78 is 5.68. The third-order valence-electron chi connectivity index (χ3n) is 3.94. The third kappa shape index (κ3) is 1.86. The summed E-state index contributed by atoms with van der Waals surface area (Å²) in [5.74, 6) is 0.0157. The lowest BCUT2D eigenvalue weighted by atomic mass is 9.88. The van der Waals surface area contributed by atoms with Crippen molar-refractivity contribution in [3.05, 3.63) is 23.8 Å². The Hall–Kier alpha value is -1.55. The molecular formula is C14H17NO3. The number of rotatable bonds is 2. The molecule has 0 spiro atoms. The van der Waals surface area contributed by atoms with E-state index in [1.807, 2.05) is 13.0 Å². The van der Waals surface area contributed by atoms with E-state index in [0.717, 1.165) is 24.8 Å². The number of para-hydroxylation sites is 1. The van der Waals surface area contributed by atoms with Gasteiger partial charge in [-0.2, -0.15) is 0 Å². The molecule has 96 valence electrons. The fraction of sp³-hybridized carbons (Fsp3) is 0.500. The third-order valence-corrected chi connectivity index (χ3v) is 3.94. The molecule has 4 nitrogen and oxygen atoms in total. The quantitative estimate of drug-likeness (QED) is 0.788. The van der Waals surface area contributed by atoms with Crippen molar-refractivity contribution in [1.82, 2.24) is 0 Å². The lowest BCUT2D eigenvalue weighted by molar-refractivity contribution is -0.121. The normalized spacial score (nSPS) is 29.5. The fourth-order valence-corrected chi connectivity index (χ4v) is 2.94. The number of benzene rings is 1. The average Bonchev–Trinajstić information content (AvgIpc) is 2.96. The Bertz CT molecular complexity index is 466. The van der Waals surface area contributed by atoms with Crippen LogP contribution < -0.4 is 5.32 Å². The van der Waals surface area contributed by atoms with Crippen LogP contribution in [0, 0.1) is 12.8 Å². The van der Waals surface area contributed by atoms with Crippen LogP contribution >= 0.6 is 0 Å². The van der Waals surface area contributed by atoms with Crippen molar-refractivity contribution in [2.45, 2.75) is 38.4 Å². The monoisotopic (exact) mass is 247 g/mol. The molecule has 0 aromatic heterocycles. The van der Waals surface area contributed by atoms with Gasteiger partial charge in [-0.1, -0.05) is 12.1 Å². The van der Waals surface area contributed by atoms with Gasteiger partial charge in [0.15, 0.2) is 0 Å². The number of carbonyl (C=O) groups is 1. The molecule has 0 aliphatic carbocycles. The molecule has 2 heterocycles. The number of amides is 1. The molecule has 0 unspecified atom stereocenters. The van der Waals surface area contributed by atoms with Gasteiger partial charge in [0.2, 0.25) is 5.91 Å². The zero-order valence-electron chi connectivity index (χ0n) is 10.3. The largest absolute Gasteiger partial charge is 0.506 e. The summed E-state index contributed by atoms with van der Waals surface area (Å²) in [6.07, 6.45) is 3.19. The molecule has 2 bridgehead atoms. The van der Waals surface area contributed by atoms with Gasteiger partial charge < -0.3 is 15.2 Å². The van der Waals surface area contributed by atoms with Crippen molar-refractivity contribution in [3.63, 3.8) is 0 Å². The van der Waals surface area contributed by atoms with Gasteiger partial charge >= 0.3 is 0 Å². The number of nitrogens with one attached hydrogen (secondary N) is 1. The second-order valence-corrected chi connectivity index (χ2v) is 5.17. The first kappa shape index (κ1) is 11.5. The number of carbonyl (C=O) groups excluding carboxylic acids is 1. The summed E-state index contributed by atoms with van der Waals surface area (Å²) in [7, 11) is 0. The Morgan fingerprint density at radius 3 is 2.89 bits per heavy atom. The van der Waals surface area contributed by atoms with Crippen molar-refractivity contribution in [2.24, 2.45) is 5.92 Å². The van der Waals surface area contributed by atoms with Crippen LogP contribution in [0.3, 0.4) is 0 Å². The highest BCUT2D eigenvalue weighted by atomic mass is 16.5. The van der Waals surface area contributed by atoms with Gasteiger partial charge in [0.25, 0.3) is 0 Å². The molecule has 0 radical (unpaired) electrons. The number of aryl methyl sites for hydroxylation is 1. The first-order valence-corrected chi connectivity index (χ1v) is 6.40. The van der Waals surface area contributed by atoms with E-state index in [4.69, 9.17) is 4.74 Å². The maximum Gasteiger partial charge on any atom is 0.230 e. The minimum atomic E-state index is -0.0669. The summed E-state index contributed by atoms with van der Waals surface area (Å²) in [6, 6.07) is 5.22. The topological polar surface area (TPSA) is 58.6 Å². The molecule has 2 saturated heterocycles. The molecule has 1 amide bonds. The maximum atomic E-state index is 12.2. The minimum Gasteiger partial charge on any atom is -0.506 e. The smallest absolute Gasteiger partial charge is 0.230 e. The first-order chi connectivity index (χ1) is 8.65. The average molecular weight is 247 g/mol. The summed E-state index contributed by atoms with van der Waals surface area (Å²) in [5, 5.41) is 12.6. The summed E-state index contributed by atoms with van der Waals surface area (Å²) in [4.78, 5) is 12.2.